The largest absolute Gasteiger partial charge is 0.454 e. The molecule has 0 aromatic carbocycles. The van der Waals surface area contributed by atoms with Crippen LogP contribution >= 0.6 is 0 Å². The van der Waals surface area contributed by atoms with Gasteiger partial charge in [-0.3, -0.25) is 5.32 Å². The van der Waals surface area contributed by atoms with Crippen LogP contribution in [0.5, 0.6) is 0 Å². The topological polar surface area (TPSA) is 64.8 Å². The Balaban J connectivity index is 2.30. The van der Waals surface area contributed by atoms with Gasteiger partial charge >= 0.3 is 18.2 Å². The molecule has 1 heterocycles. The Hall–Kier alpha value is -1.47. The van der Waals surface area contributed by atoms with Crippen molar-refractivity contribution >= 4 is 12.1 Å². The first-order valence-electron chi connectivity index (χ1n) is 2.76. The summed E-state index contributed by atoms with van der Waals surface area (Å²) in [5.41, 5.74) is 2.86. The van der Waals surface area contributed by atoms with Gasteiger partial charge in [-0.2, -0.15) is 13.2 Å². The molecule has 1 aliphatic heterocycles. The molecule has 1 rings (SSSR count). The molecule has 0 aromatic heterocycles. The Labute approximate surface area is 64.6 Å². The normalized spacial score (nSPS) is 16.6. The van der Waals surface area contributed by atoms with Crippen LogP contribution < -0.4 is 10.7 Å². The van der Waals surface area contributed by atoms with E-state index in [1.165, 1.54) is 0 Å². The van der Waals surface area contributed by atoms with Crippen LogP contribution in [0.15, 0.2) is 5.10 Å². The third-order valence-electron chi connectivity index (χ3n) is 0.818. The molecule has 0 aromatic rings. The van der Waals surface area contributed by atoms with Crippen molar-refractivity contribution in [2.24, 2.45) is 5.10 Å². The number of urea groups is 1. The number of hydrogen-bond acceptors (Lipinski definition) is 3. The molecule has 0 bridgehead atoms. The molecule has 0 fully saturated rings. The van der Waals surface area contributed by atoms with E-state index in [1.807, 2.05) is 5.32 Å². The molecule has 0 unspecified atom stereocenters. The fourth-order valence-corrected chi connectivity index (χ4v) is 0.447. The third kappa shape index (κ3) is 2.64. The molecular formula is C4H3F3N3O2. The molecule has 0 saturated carbocycles. The summed E-state index contributed by atoms with van der Waals surface area (Å²) < 4.78 is 38.5. The van der Waals surface area contributed by atoms with Crippen LogP contribution in [0.3, 0.4) is 0 Å². The summed E-state index contributed by atoms with van der Waals surface area (Å²) >= 11 is 0. The van der Waals surface area contributed by atoms with E-state index in [4.69, 9.17) is 0 Å². The maximum Gasteiger partial charge on any atom is 0.422 e. The SMILES string of the molecule is O=C1[N]N=C(OCC(F)(F)F)N1. The van der Waals surface area contributed by atoms with Crippen molar-refractivity contribution in [3.8, 4) is 0 Å². The van der Waals surface area contributed by atoms with Crippen molar-refractivity contribution in [3.63, 3.8) is 0 Å². The molecule has 1 radical (unpaired) electrons. The minimum absolute atomic E-state index is 0.530. The highest BCUT2D eigenvalue weighted by molar-refractivity contribution is 5.97. The standard InChI is InChI=1S/C4H3F3N3O2/c5-4(6,7)1-12-3-8-2(11)9-10-3/h1H2,(H,8,10,11). The number of amides is 2. The summed E-state index contributed by atoms with van der Waals surface area (Å²) in [6, 6.07) is -1.37. The van der Waals surface area contributed by atoms with E-state index < -0.39 is 24.8 Å². The van der Waals surface area contributed by atoms with Crippen molar-refractivity contribution in [2.45, 2.75) is 6.18 Å². The number of amidine groups is 1. The molecule has 8 heteroatoms. The van der Waals surface area contributed by atoms with Crippen LogP contribution in [0.1, 0.15) is 0 Å². The second-order valence-electron chi connectivity index (χ2n) is 1.84. The van der Waals surface area contributed by atoms with Gasteiger partial charge in [-0.15, -0.1) is 0 Å². The van der Waals surface area contributed by atoms with Crippen molar-refractivity contribution in [2.75, 3.05) is 6.61 Å². The predicted octanol–water partition coefficient (Wildman–Crippen LogP) is 0.164. The van der Waals surface area contributed by atoms with Crippen LogP contribution in [0.25, 0.3) is 0 Å². The highest BCUT2D eigenvalue weighted by Gasteiger charge is 2.30. The molecule has 0 spiro atoms. The van der Waals surface area contributed by atoms with Gasteiger partial charge < -0.3 is 4.74 Å². The van der Waals surface area contributed by atoms with Gasteiger partial charge in [0.1, 0.15) is 0 Å². The van der Waals surface area contributed by atoms with E-state index in [9.17, 15) is 18.0 Å². The average molecular weight is 182 g/mol. The van der Waals surface area contributed by atoms with Crippen molar-refractivity contribution in [1.29, 1.82) is 0 Å². The minimum atomic E-state index is -4.45. The van der Waals surface area contributed by atoms with Gasteiger partial charge in [-0.1, -0.05) is 10.5 Å². The first kappa shape index (κ1) is 8.62. The van der Waals surface area contributed by atoms with Crippen LogP contribution in [0.4, 0.5) is 18.0 Å². The van der Waals surface area contributed by atoms with E-state index >= 15 is 0 Å². The highest BCUT2D eigenvalue weighted by atomic mass is 19.4. The summed E-state index contributed by atoms with van der Waals surface area (Å²) in [7, 11) is 0. The summed E-state index contributed by atoms with van der Waals surface area (Å²) in [4.78, 5) is 10.2. The smallest absolute Gasteiger partial charge is 0.422 e. The molecule has 0 saturated heterocycles. The second-order valence-corrected chi connectivity index (χ2v) is 1.84. The summed E-state index contributed by atoms with van der Waals surface area (Å²) in [6.07, 6.45) is -4.45. The Kier molecular flexibility index (Phi) is 2.07. The van der Waals surface area contributed by atoms with E-state index in [0.717, 1.165) is 0 Å². The first-order chi connectivity index (χ1) is 5.47. The van der Waals surface area contributed by atoms with E-state index in [-0.39, 0.29) is 0 Å². The van der Waals surface area contributed by atoms with Gasteiger partial charge in [0.25, 0.3) is 0 Å². The number of alkyl halides is 3. The molecule has 0 atom stereocenters. The molecule has 12 heavy (non-hydrogen) atoms. The molecule has 1 N–H and O–H groups in total. The summed E-state index contributed by atoms with van der Waals surface area (Å²) in [5, 5.41) is 4.83. The Morgan fingerprint density at radius 3 is 2.58 bits per heavy atom. The maximum atomic E-state index is 11.5. The molecule has 5 nitrogen and oxygen atoms in total. The van der Waals surface area contributed by atoms with Gasteiger partial charge in [-0.05, 0) is 0 Å². The third-order valence-corrected chi connectivity index (χ3v) is 0.818. The fraction of sp³-hybridized carbons (Fsp3) is 0.500. The average Bonchev–Trinajstić information content (AvgIpc) is 2.30. The fourth-order valence-electron chi connectivity index (χ4n) is 0.447. The Morgan fingerprint density at radius 1 is 1.50 bits per heavy atom. The van der Waals surface area contributed by atoms with Gasteiger partial charge in [-0.25, -0.2) is 4.79 Å². The summed E-state index contributed by atoms with van der Waals surface area (Å²) in [6.45, 7) is -1.50. The number of nitrogens with one attached hydrogen (secondary N) is 1. The molecule has 1 aliphatic rings. The second kappa shape index (κ2) is 2.88. The maximum absolute atomic E-state index is 11.5. The molecule has 67 valence electrons. The Morgan fingerprint density at radius 2 is 2.17 bits per heavy atom. The van der Waals surface area contributed by atoms with Crippen LogP contribution in [-0.4, -0.2) is 24.8 Å². The number of hydrogen-bond donors (Lipinski definition) is 1. The number of rotatable bonds is 1. The zero-order valence-electron chi connectivity index (χ0n) is 5.55. The van der Waals surface area contributed by atoms with Crippen LogP contribution in [0.2, 0.25) is 0 Å². The van der Waals surface area contributed by atoms with Gasteiger partial charge in [0.2, 0.25) is 0 Å². The first-order valence-corrected chi connectivity index (χ1v) is 2.76. The van der Waals surface area contributed by atoms with Crippen molar-refractivity contribution < 1.29 is 22.7 Å². The number of halogens is 3. The number of ether oxygens (including phenoxy) is 1. The lowest BCUT2D eigenvalue weighted by molar-refractivity contribution is -0.156. The lowest BCUT2D eigenvalue weighted by Crippen LogP contribution is -2.30. The quantitative estimate of drug-likeness (QED) is 0.627. The number of nitrogens with zero attached hydrogens (tertiary/aromatic N) is 2. The molecular weight excluding hydrogens is 179 g/mol. The van der Waals surface area contributed by atoms with E-state index in [0.29, 0.717) is 0 Å². The predicted molar refractivity (Wildman–Crippen MR) is 30.1 cm³/mol. The Bertz CT molecular complexity index is 224. The molecule has 0 aliphatic carbocycles. The van der Waals surface area contributed by atoms with Gasteiger partial charge in [0.15, 0.2) is 6.61 Å². The van der Waals surface area contributed by atoms with Crippen LogP contribution in [0, 0.1) is 0 Å². The lowest BCUT2D eigenvalue weighted by atomic mass is 10.7. The van der Waals surface area contributed by atoms with Gasteiger partial charge in [0.05, 0.1) is 0 Å². The van der Waals surface area contributed by atoms with Gasteiger partial charge in [0, 0.05) is 0 Å². The number of carbonyl (C=O) groups excluding carboxylic acids is 1. The van der Waals surface area contributed by atoms with Crippen molar-refractivity contribution in [3.05, 3.63) is 0 Å². The monoisotopic (exact) mass is 182 g/mol. The van der Waals surface area contributed by atoms with E-state index in [1.54, 1.807) is 0 Å². The highest BCUT2D eigenvalue weighted by Crippen LogP contribution is 2.14. The van der Waals surface area contributed by atoms with Crippen LogP contribution in [-0.2, 0) is 4.74 Å². The molecule has 2 amide bonds. The zero-order chi connectivity index (χ0) is 9.19. The van der Waals surface area contributed by atoms with Crippen molar-refractivity contribution in [1.82, 2.24) is 10.7 Å². The van der Waals surface area contributed by atoms with E-state index in [2.05, 4.69) is 15.3 Å². The zero-order valence-corrected chi connectivity index (χ0v) is 5.55. The summed E-state index contributed by atoms with van der Waals surface area (Å²) in [5.74, 6) is 0. The number of carbonyl (C=O) groups is 1. The minimum Gasteiger partial charge on any atom is -0.454 e. The lowest BCUT2D eigenvalue weighted by Gasteiger charge is -2.06.